The fourth-order valence-electron chi connectivity index (χ4n) is 8.76. The monoisotopic (exact) mass is 626 g/mol. The molecule has 12 rings (SSSR count). The SMILES string of the molecule is O=S1(=O)c2ccccc2-c2cc(-c3cn4[n+](c3)C35c6c(cccc6-4)Oc4ccc6c7ccccc7n(c6c43)-c3cccc[n+]35)ccc21. The summed E-state index contributed by atoms with van der Waals surface area (Å²) in [5, 5.41) is 2.38. The highest BCUT2D eigenvalue weighted by molar-refractivity contribution is 7.92. The standard InChI is InChI=1S/C39H22N4O3S/c44-47(45)33-13-4-2-9-26(33)28-20-23(15-18-34(28)47)24-21-41-30-11-7-12-31-36(30)39(42(41)22-24)37-32(46-31)17-16-27-25-8-1-3-10-29(25)43(38(27)37)35-14-5-6-19-40(35)39/h1-22H/q+2. The summed E-state index contributed by atoms with van der Waals surface area (Å²) in [4.78, 5) is 0.732. The van der Waals surface area contributed by atoms with Crippen LogP contribution < -0.4 is 14.0 Å². The Morgan fingerprint density at radius 2 is 1.51 bits per heavy atom. The molecule has 220 valence electrons. The van der Waals surface area contributed by atoms with E-state index in [1.54, 1.807) is 18.2 Å². The van der Waals surface area contributed by atoms with Crippen LogP contribution in [0.15, 0.2) is 144 Å². The van der Waals surface area contributed by atoms with Crippen molar-refractivity contribution < 1.29 is 22.4 Å². The maximum Gasteiger partial charge on any atom is 0.397 e. The van der Waals surface area contributed by atoms with E-state index in [0.717, 1.165) is 67.4 Å². The third kappa shape index (κ3) is 2.53. The van der Waals surface area contributed by atoms with Crippen molar-refractivity contribution in [2.45, 2.75) is 15.5 Å². The lowest BCUT2D eigenvalue weighted by atomic mass is 9.84. The van der Waals surface area contributed by atoms with Gasteiger partial charge in [0.1, 0.15) is 28.3 Å². The average molecular weight is 627 g/mol. The molecule has 7 nitrogen and oxygen atoms in total. The number of para-hydroxylation sites is 1. The van der Waals surface area contributed by atoms with Gasteiger partial charge in [0.15, 0.2) is 11.1 Å². The molecule has 0 aliphatic carbocycles. The molecular weight excluding hydrogens is 605 g/mol. The van der Waals surface area contributed by atoms with Crippen LogP contribution in [0.3, 0.4) is 0 Å². The van der Waals surface area contributed by atoms with Crippen LogP contribution >= 0.6 is 0 Å². The Kier molecular flexibility index (Phi) is 3.97. The second kappa shape index (κ2) is 7.68. The molecule has 0 N–H and O–H groups in total. The molecule has 0 saturated carbocycles. The molecule has 4 aliphatic rings. The number of nitrogens with zero attached hydrogens (tertiary/aromatic N) is 4. The van der Waals surface area contributed by atoms with Crippen LogP contribution in [0.25, 0.3) is 55.6 Å². The minimum atomic E-state index is -3.55. The van der Waals surface area contributed by atoms with E-state index in [2.05, 4.69) is 104 Å². The molecule has 8 aromatic rings. The predicted octanol–water partition coefficient (Wildman–Crippen LogP) is 6.66. The van der Waals surface area contributed by atoms with E-state index in [1.807, 2.05) is 30.3 Å². The summed E-state index contributed by atoms with van der Waals surface area (Å²) in [5.74, 6) is 2.73. The summed E-state index contributed by atoms with van der Waals surface area (Å²) < 4.78 is 42.8. The maximum atomic E-state index is 13.4. The maximum absolute atomic E-state index is 13.4. The number of fused-ring (bicyclic) bond motifs is 10. The molecule has 1 spiro atoms. The summed E-state index contributed by atoms with van der Waals surface area (Å²) in [6.45, 7) is 0. The Balaban J connectivity index is 1.21. The van der Waals surface area contributed by atoms with Gasteiger partial charge in [0.2, 0.25) is 16.0 Å². The zero-order chi connectivity index (χ0) is 30.8. The molecule has 0 radical (unpaired) electrons. The Hall–Kier alpha value is -5.99. The van der Waals surface area contributed by atoms with E-state index >= 15 is 0 Å². The zero-order valence-corrected chi connectivity index (χ0v) is 25.4. The lowest BCUT2D eigenvalue weighted by Gasteiger charge is -2.32. The zero-order valence-electron chi connectivity index (χ0n) is 24.6. The Bertz CT molecular complexity index is 2920. The third-order valence-electron chi connectivity index (χ3n) is 10.5. The molecule has 0 amide bonds. The summed E-state index contributed by atoms with van der Waals surface area (Å²) >= 11 is 0. The molecule has 0 fully saturated rings. The molecule has 1 atom stereocenters. The van der Waals surface area contributed by atoms with Crippen molar-refractivity contribution in [3.8, 4) is 45.3 Å². The van der Waals surface area contributed by atoms with Crippen LogP contribution in [-0.2, 0) is 15.5 Å². The van der Waals surface area contributed by atoms with E-state index in [1.165, 1.54) is 10.8 Å². The molecule has 4 aliphatic heterocycles. The van der Waals surface area contributed by atoms with Gasteiger partial charge in [-0.15, -0.1) is 4.68 Å². The van der Waals surface area contributed by atoms with Crippen molar-refractivity contribution in [2.24, 2.45) is 0 Å². The number of sulfone groups is 1. The fourth-order valence-corrected chi connectivity index (χ4v) is 10.4. The van der Waals surface area contributed by atoms with Crippen molar-refractivity contribution in [2.75, 3.05) is 0 Å². The van der Waals surface area contributed by atoms with Crippen molar-refractivity contribution >= 4 is 31.6 Å². The number of rotatable bonds is 1. The number of aromatic nitrogens is 4. The van der Waals surface area contributed by atoms with Crippen LogP contribution in [0.1, 0.15) is 11.1 Å². The van der Waals surface area contributed by atoms with Crippen LogP contribution in [0.2, 0.25) is 0 Å². The molecule has 1 unspecified atom stereocenters. The van der Waals surface area contributed by atoms with Gasteiger partial charge in [-0.05, 0) is 66.2 Å². The second-order valence-electron chi connectivity index (χ2n) is 12.7. The van der Waals surface area contributed by atoms with E-state index in [0.29, 0.717) is 9.79 Å². The summed E-state index contributed by atoms with van der Waals surface area (Å²) in [6.07, 6.45) is 6.54. The quantitative estimate of drug-likeness (QED) is 0.192. The number of benzene rings is 5. The first-order chi connectivity index (χ1) is 23.1. The highest BCUT2D eigenvalue weighted by Crippen LogP contribution is 2.55. The summed E-state index contributed by atoms with van der Waals surface area (Å²) in [7, 11) is -3.55. The van der Waals surface area contributed by atoms with Gasteiger partial charge in [-0.2, -0.15) is 9.13 Å². The lowest BCUT2D eigenvalue weighted by Crippen LogP contribution is -2.76. The van der Waals surface area contributed by atoms with Crippen molar-refractivity contribution in [1.29, 1.82) is 0 Å². The largest absolute Gasteiger partial charge is 0.456 e. The molecule has 47 heavy (non-hydrogen) atoms. The van der Waals surface area contributed by atoms with Crippen LogP contribution in [0, 0.1) is 0 Å². The first-order valence-corrected chi connectivity index (χ1v) is 17.1. The van der Waals surface area contributed by atoms with Gasteiger partial charge < -0.3 is 4.74 Å². The molecule has 8 heteroatoms. The Morgan fingerprint density at radius 3 is 2.47 bits per heavy atom. The topological polar surface area (TPSA) is 61.0 Å². The average Bonchev–Trinajstić information content (AvgIpc) is 3.83. The van der Waals surface area contributed by atoms with Crippen molar-refractivity contribution in [3.63, 3.8) is 0 Å². The third-order valence-corrected chi connectivity index (χ3v) is 12.4. The van der Waals surface area contributed by atoms with E-state index in [9.17, 15) is 8.42 Å². The van der Waals surface area contributed by atoms with E-state index in [4.69, 9.17) is 4.74 Å². The number of hydrogen-bond donors (Lipinski definition) is 0. The minimum absolute atomic E-state index is 0.362. The minimum Gasteiger partial charge on any atom is -0.456 e. The molecule has 7 heterocycles. The van der Waals surface area contributed by atoms with E-state index in [-0.39, 0.29) is 0 Å². The van der Waals surface area contributed by atoms with Gasteiger partial charge in [0, 0.05) is 28.0 Å². The first-order valence-electron chi connectivity index (χ1n) is 15.6. The lowest BCUT2D eigenvalue weighted by molar-refractivity contribution is -0.993. The fraction of sp³-hybridized carbons (Fsp3) is 0.0256. The second-order valence-corrected chi connectivity index (χ2v) is 14.5. The van der Waals surface area contributed by atoms with Crippen molar-refractivity contribution in [3.05, 3.63) is 145 Å². The number of pyridine rings is 1. The smallest absolute Gasteiger partial charge is 0.397 e. The highest BCUT2D eigenvalue weighted by atomic mass is 32.2. The van der Waals surface area contributed by atoms with Gasteiger partial charge in [-0.3, -0.25) is 0 Å². The summed E-state index contributed by atoms with van der Waals surface area (Å²) in [6, 6.07) is 38.5. The van der Waals surface area contributed by atoms with Crippen LogP contribution in [0.5, 0.6) is 11.5 Å². The van der Waals surface area contributed by atoms with Crippen molar-refractivity contribution in [1.82, 2.24) is 9.25 Å². The first kappa shape index (κ1) is 24.3. The molecular formula is C39H22N4O3S+2. The molecule has 5 aromatic carbocycles. The number of hydrogen-bond acceptors (Lipinski definition) is 3. The predicted molar refractivity (Wildman–Crippen MR) is 175 cm³/mol. The van der Waals surface area contributed by atoms with Gasteiger partial charge in [-0.1, -0.05) is 53.2 Å². The van der Waals surface area contributed by atoms with Gasteiger partial charge >= 0.3 is 5.66 Å². The number of ether oxygens (including phenoxy) is 1. The molecule has 0 saturated heterocycles. The highest BCUT2D eigenvalue weighted by Gasteiger charge is 2.68. The van der Waals surface area contributed by atoms with Crippen LogP contribution in [-0.4, -0.2) is 17.7 Å². The Labute approximate surface area is 268 Å². The molecule has 0 bridgehead atoms. The van der Waals surface area contributed by atoms with Gasteiger partial charge in [0.05, 0.1) is 27.7 Å². The van der Waals surface area contributed by atoms with E-state index < -0.39 is 15.5 Å². The van der Waals surface area contributed by atoms with Crippen LogP contribution in [0.4, 0.5) is 0 Å². The van der Waals surface area contributed by atoms with Gasteiger partial charge in [0.25, 0.3) is 5.82 Å². The molecule has 3 aromatic heterocycles. The normalized spacial score (nSPS) is 18.0. The van der Waals surface area contributed by atoms with Gasteiger partial charge in [-0.25, -0.2) is 8.42 Å². The Morgan fingerprint density at radius 1 is 0.681 bits per heavy atom. The summed E-state index contributed by atoms with van der Waals surface area (Å²) in [5.41, 5.74) is 8.18.